The first-order valence-electron chi connectivity index (χ1n) is 9.48. The molecule has 1 saturated heterocycles. The maximum atomic E-state index is 4.77. The Balaban J connectivity index is 1.47. The molecule has 5 nitrogen and oxygen atoms in total. The summed E-state index contributed by atoms with van der Waals surface area (Å²) in [6.07, 6.45) is 2.90. The minimum Gasteiger partial charge on any atom is -0.366 e. The molecule has 1 N–H and O–H groups in total. The topological polar surface area (TPSA) is 53.9 Å². The van der Waals surface area contributed by atoms with Crippen molar-refractivity contribution in [3.05, 3.63) is 71.5 Å². The number of benzene rings is 1. The Bertz CT molecular complexity index is 895. The molecule has 3 heterocycles. The lowest BCUT2D eigenvalue weighted by molar-refractivity contribution is 0.328. The van der Waals surface area contributed by atoms with Crippen molar-refractivity contribution in [2.75, 3.05) is 18.4 Å². The second kappa shape index (κ2) is 7.84. The molecule has 27 heavy (non-hydrogen) atoms. The van der Waals surface area contributed by atoms with Gasteiger partial charge in [0.15, 0.2) is 5.82 Å². The first kappa shape index (κ1) is 17.6. The van der Waals surface area contributed by atoms with Crippen molar-refractivity contribution in [1.82, 2.24) is 19.9 Å². The Morgan fingerprint density at radius 1 is 1.04 bits per heavy atom. The third-order valence-electron chi connectivity index (χ3n) is 5.15. The van der Waals surface area contributed by atoms with Crippen LogP contribution in [0.4, 0.5) is 5.82 Å². The first-order valence-corrected chi connectivity index (χ1v) is 9.48. The molecule has 1 aromatic carbocycles. The van der Waals surface area contributed by atoms with Crippen LogP contribution in [0.15, 0.2) is 54.7 Å². The van der Waals surface area contributed by atoms with E-state index in [1.165, 1.54) is 5.56 Å². The molecular weight excluding hydrogens is 334 g/mol. The summed E-state index contributed by atoms with van der Waals surface area (Å²) in [5.74, 6) is 1.61. The number of aromatic nitrogens is 3. The fourth-order valence-corrected chi connectivity index (χ4v) is 3.51. The van der Waals surface area contributed by atoms with E-state index in [1.807, 2.05) is 25.1 Å². The maximum Gasteiger partial charge on any atom is 0.180 e. The van der Waals surface area contributed by atoms with E-state index in [-0.39, 0.29) is 0 Å². The number of nitrogens with one attached hydrogen (secondary N) is 1. The largest absolute Gasteiger partial charge is 0.366 e. The number of hydrogen-bond acceptors (Lipinski definition) is 5. The standard InChI is InChI=1S/C22H25N5/c1-16-17(2)24-22(20-10-6-7-12-23-20)26-21(16)25-19-11-13-27(15-19)14-18-8-4-3-5-9-18/h3-10,12,19H,11,13-15H2,1-2H3,(H,24,25,26). The third kappa shape index (κ3) is 4.14. The highest BCUT2D eigenvalue weighted by atomic mass is 15.2. The van der Waals surface area contributed by atoms with Crippen LogP contribution in [0.2, 0.25) is 0 Å². The molecule has 3 aromatic rings. The summed E-state index contributed by atoms with van der Waals surface area (Å²) in [6, 6.07) is 16.9. The van der Waals surface area contributed by atoms with Crippen molar-refractivity contribution in [3.63, 3.8) is 0 Å². The Morgan fingerprint density at radius 2 is 1.85 bits per heavy atom. The number of rotatable bonds is 5. The molecule has 1 aliphatic heterocycles. The van der Waals surface area contributed by atoms with Crippen molar-refractivity contribution >= 4 is 5.82 Å². The van der Waals surface area contributed by atoms with E-state index < -0.39 is 0 Å². The number of likely N-dealkylation sites (tertiary alicyclic amines) is 1. The van der Waals surface area contributed by atoms with Crippen LogP contribution in [0.1, 0.15) is 23.2 Å². The SMILES string of the molecule is Cc1nc(-c2ccccn2)nc(NC2CCN(Cc3ccccc3)C2)c1C. The molecule has 0 saturated carbocycles. The van der Waals surface area contributed by atoms with Gasteiger partial charge >= 0.3 is 0 Å². The Morgan fingerprint density at radius 3 is 2.63 bits per heavy atom. The number of pyridine rings is 1. The molecule has 4 rings (SSSR count). The molecule has 1 atom stereocenters. The molecule has 0 aliphatic carbocycles. The normalized spacial score (nSPS) is 17.2. The second-order valence-electron chi connectivity index (χ2n) is 7.17. The van der Waals surface area contributed by atoms with E-state index in [2.05, 4.69) is 57.4 Å². The van der Waals surface area contributed by atoms with Crippen molar-refractivity contribution < 1.29 is 0 Å². The van der Waals surface area contributed by atoms with Crippen LogP contribution in [-0.2, 0) is 6.54 Å². The van der Waals surface area contributed by atoms with Crippen molar-refractivity contribution in [2.24, 2.45) is 0 Å². The Hall–Kier alpha value is -2.79. The summed E-state index contributed by atoms with van der Waals surface area (Å²) >= 11 is 0. The van der Waals surface area contributed by atoms with Crippen LogP contribution in [0.5, 0.6) is 0 Å². The lowest BCUT2D eigenvalue weighted by atomic mass is 10.2. The van der Waals surface area contributed by atoms with Crippen molar-refractivity contribution in [1.29, 1.82) is 0 Å². The number of anilines is 1. The molecule has 2 aromatic heterocycles. The molecule has 0 amide bonds. The summed E-state index contributed by atoms with van der Waals surface area (Å²) in [5.41, 5.74) is 4.27. The van der Waals surface area contributed by atoms with Gasteiger partial charge in [-0.1, -0.05) is 36.4 Å². The Kier molecular flexibility index (Phi) is 5.12. The fourth-order valence-electron chi connectivity index (χ4n) is 3.51. The molecule has 1 unspecified atom stereocenters. The molecule has 5 heteroatoms. The van der Waals surface area contributed by atoms with E-state index in [1.54, 1.807) is 6.20 Å². The van der Waals surface area contributed by atoms with Crippen molar-refractivity contribution in [2.45, 2.75) is 32.9 Å². The lowest BCUT2D eigenvalue weighted by Gasteiger charge is -2.19. The molecule has 1 aliphatic rings. The molecule has 0 bridgehead atoms. The smallest absolute Gasteiger partial charge is 0.180 e. The van der Waals surface area contributed by atoms with Gasteiger partial charge in [0.25, 0.3) is 0 Å². The van der Waals surface area contributed by atoms with E-state index in [9.17, 15) is 0 Å². The number of hydrogen-bond donors (Lipinski definition) is 1. The highest BCUT2D eigenvalue weighted by molar-refractivity contribution is 5.56. The van der Waals surface area contributed by atoms with Gasteiger partial charge in [0, 0.05) is 43.1 Å². The molecular formula is C22H25N5. The lowest BCUT2D eigenvalue weighted by Crippen LogP contribution is -2.26. The maximum absolute atomic E-state index is 4.77. The zero-order valence-electron chi connectivity index (χ0n) is 15.9. The van der Waals surface area contributed by atoms with Gasteiger partial charge in [-0.15, -0.1) is 0 Å². The first-order chi connectivity index (χ1) is 13.2. The summed E-state index contributed by atoms with van der Waals surface area (Å²) < 4.78 is 0. The van der Waals surface area contributed by atoms with Gasteiger partial charge in [-0.3, -0.25) is 9.88 Å². The third-order valence-corrected chi connectivity index (χ3v) is 5.15. The van der Waals surface area contributed by atoms with E-state index >= 15 is 0 Å². The van der Waals surface area contributed by atoms with E-state index in [4.69, 9.17) is 4.98 Å². The van der Waals surface area contributed by atoms with Crippen LogP contribution in [0.3, 0.4) is 0 Å². The second-order valence-corrected chi connectivity index (χ2v) is 7.17. The van der Waals surface area contributed by atoms with Crippen LogP contribution in [0, 0.1) is 13.8 Å². The van der Waals surface area contributed by atoms with Crippen LogP contribution < -0.4 is 5.32 Å². The monoisotopic (exact) mass is 359 g/mol. The summed E-state index contributed by atoms with van der Waals surface area (Å²) in [4.78, 5) is 16.3. The average molecular weight is 359 g/mol. The van der Waals surface area contributed by atoms with Gasteiger partial charge in [0.1, 0.15) is 11.5 Å². The predicted octanol–water partition coefficient (Wildman–Crippen LogP) is 3.84. The van der Waals surface area contributed by atoms with Gasteiger partial charge < -0.3 is 5.32 Å². The van der Waals surface area contributed by atoms with Gasteiger partial charge in [-0.2, -0.15) is 0 Å². The van der Waals surface area contributed by atoms with Crippen LogP contribution in [0.25, 0.3) is 11.5 Å². The quantitative estimate of drug-likeness (QED) is 0.750. The predicted molar refractivity (Wildman–Crippen MR) is 108 cm³/mol. The van der Waals surface area contributed by atoms with Gasteiger partial charge in [-0.25, -0.2) is 9.97 Å². The van der Waals surface area contributed by atoms with Gasteiger partial charge in [0.2, 0.25) is 0 Å². The zero-order valence-corrected chi connectivity index (χ0v) is 15.9. The van der Waals surface area contributed by atoms with Crippen molar-refractivity contribution in [3.8, 4) is 11.5 Å². The Labute approximate surface area is 160 Å². The highest BCUT2D eigenvalue weighted by Crippen LogP contribution is 2.23. The summed E-state index contributed by atoms with van der Waals surface area (Å²) in [7, 11) is 0. The minimum absolute atomic E-state index is 0.401. The number of aryl methyl sites for hydroxylation is 1. The minimum atomic E-state index is 0.401. The summed E-state index contributed by atoms with van der Waals surface area (Å²) in [6.45, 7) is 7.24. The molecule has 0 radical (unpaired) electrons. The molecule has 1 fully saturated rings. The number of nitrogens with zero attached hydrogens (tertiary/aromatic N) is 4. The molecule has 0 spiro atoms. The van der Waals surface area contributed by atoms with Gasteiger partial charge in [-0.05, 0) is 38.0 Å². The van der Waals surface area contributed by atoms with E-state index in [0.717, 1.165) is 48.8 Å². The van der Waals surface area contributed by atoms with E-state index in [0.29, 0.717) is 11.9 Å². The summed E-state index contributed by atoms with van der Waals surface area (Å²) in [5, 5.41) is 3.66. The molecule has 138 valence electrons. The van der Waals surface area contributed by atoms with Crippen LogP contribution in [-0.4, -0.2) is 39.0 Å². The zero-order chi connectivity index (χ0) is 18.6. The fraction of sp³-hybridized carbons (Fsp3) is 0.318. The average Bonchev–Trinajstić information content (AvgIpc) is 3.13. The van der Waals surface area contributed by atoms with Gasteiger partial charge in [0.05, 0.1) is 0 Å². The van der Waals surface area contributed by atoms with Crippen LogP contribution >= 0.6 is 0 Å². The highest BCUT2D eigenvalue weighted by Gasteiger charge is 2.23.